The Morgan fingerprint density at radius 1 is 1.19 bits per heavy atom. The lowest BCUT2D eigenvalue weighted by Crippen LogP contribution is -2.44. The van der Waals surface area contributed by atoms with Gasteiger partial charge in [0.05, 0.1) is 6.54 Å². The lowest BCUT2D eigenvalue weighted by atomic mass is 9.88. The van der Waals surface area contributed by atoms with Gasteiger partial charge in [-0.2, -0.15) is 13.2 Å². The first-order valence-corrected chi connectivity index (χ1v) is 11.0. The van der Waals surface area contributed by atoms with Gasteiger partial charge >= 0.3 is 6.18 Å². The minimum atomic E-state index is -4.17. The predicted molar refractivity (Wildman–Crippen MR) is 116 cm³/mol. The highest BCUT2D eigenvalue weighted by Gasteiger charge is 2.34. The minimum absolute atomic E-state index is 0.0744. The minimum Gasteiger partial charge on any atom is -0.352 e. The largest absolute Gasteiger partial charge is 0.401 e. The number of nitrogens with one attached hydrogen (secondary N) is 3. The Labute approximate surface area is 181 Å². The van der Waals surface area contributed by atoms with Gasteiger partial charge in [0.15, 0.2) is 5.96 Å². The number of nitrogens with zero attached hydrogens (tertiary/aromatic N) is 2. The number of aliphatic imine (C=N–C) groups is 1. The Morgan fingerprint density at radius 2 is 1.97 bits per heavy atom. The molecule has 172 valence electrons. The van der Waals surface area contributed by atoms with Crippen LogP contribution in [0.15, 0.2) is 29.3 Å². The van der Waals surface area contributed by atoms with Crippen molar-refractivity contribution in [3.8, 4) is 0 Å². The van der Waals surface area contributed by atoms with E-state index in [2.05, 4.69) is 20.9 Å². The first kappa shape index (κ1) is 23.4. The summed E-state index contributed by atoms with van der Waals surface area (Å²) < 4.78 is 37.7. The Hall–Kier alpha value is -2.29. The fourth-order valence-electron chi connectivity index (χ4n) is 4.29. The number of alkyl halides is 3. The molecule has 3 rings (SSSR count). The summed E-state index contributed by atoms with van der Waals surface area (Å²) in [5, 5.41) is 9.43. The van der Waals surface area contributed by atoms with Crippen LogP contribution in [-0.2, 0) is 11.3 Å². The molecule has 0 radical (unpaired) electrons. The fraction of sp³-hybridized carbons (Fsp3) is 0.636. The Kier molecular flexibility index (Phi) is 8.17. The molecule has 1 aromatic rings. The van der Waals surface area contributed by atoms with Crippen molar-refractivity contribution in [2.45, 2.75) is 57.3 Å². The molecule has 31 heavy (non-hydrogen) atoms. The summed E-state index contributed by atoms with van der Waals surface area (Å²) in [5.41, 5.74) is 1.76. The van der Waals surface area contributed by atoms with E-state index in [-0.39, 0.29) is 17.9 Å². The topological polar surface area (TPSA) is 68.8 Å². The van der Waals surface area contributed by atoms with E-state index in [9.17, 15) is 18.0 Å². The smallest absolute Gasteiger partial charge is 0.352 e. The number of likely N-dealkylation sites (tertiary alicyclic amines) is 1. The van der Waals surface area contributed by atoms with E-state index in [0.29, 0.717) is 32.0 Å². The van der Waals surface area contributed by atoms with Gasteiger partial charge in [0.25, 0.3) is 0 Å². The zero-order chi connectivity index (χ0) is 22.3. The SMILES string of the molecule is CN=C(NCc1cccc(NC(=O)C2CCCCC2)c1)NC1CCN(CC(F)(F)F)C1. The third-order valence-corrected chi connectivity index (χ3v) is 5.87. The average molecular weight is 440 g/mol. The number of benzene rings is 1. The average Bonchev–Trinajstić information content (AvgIpc) is 3.17. The van der Waals surface area contributed by atoms with E-state index in [1.165, 1.54) is 11.3 Å². The van der Waals surface area contributed by atoms with Gasteiger partial charge in [-0.05, 0) is 37.0 Å². The van der Waals surface area contributed by atoms with Crippen molar-refractivity contribution in [3.05, 3.63) is 29.8 Å². The van der Waals surface area contributed by atoms with E-state index in [1.807, 2.05) is 24.3 Å². The quantitative estimate of drug-likeness (QED) is 0.469. The molecule has 1 heterocycles. The Balaban J connectivity index is 1.46. The number of carbonyl (C=O) groups excluding carboxylic acids is 1. The molecule has 1 amide bonds. The van der Waals surface area contributed by atoms with E-state index in [1.54, 1.807) is 7.05 Å². The van der Waals surface area contributed by atoms with Crippen molar-refractivity contribution < 1.29 is 18.0 Å². The van der Waals surface area contributed by atoms with Crippen LogP contribution < -0.4 is 16.0 Å². The molecule has 1 aliphatic carbocycles. The van der Waals surface area contributed by atoms with Crippen LogP contribution in [0.5, 0.6) is 0 Å². The summed E-state index contributed by atoms with van der Waals surface area (Å²) in [5.74, 6) is 0.740. The highest BCUT2D eigenvalue weighted by molar-refractivity contribution is 5.92. The van der Waals surface area contributed by atoms with Gasteiger partial charge < -0.3 is 16.0 Å². The number of amides is 1. The zero-order valence-corrected chi connectivity index (χ0v) is 18.0. The second-order valence-electron chi connectivity index (χ2n) is 8.43. The van der Waals surface area contributed by atoms with Crippen molar-refractivity contribution in [2.75, 3.05) is 32.0 Å². The van der Waals surface area contributed by atoms with Crippen molar-refractivity contribution in [2.24, 2.45) is 10.9 Å². The van der Waals surface area contributed by atoms with E-state index < -0.39 is 12.7 Å². The summed E-state index contributed by atoms with van der Waals surface area (Å²) in [7, 11) is 1.64. The summed E-state index contributed by atoms with van der Waals surface area (Å²) in [6.45, 7) is 0.363. The fourth-order valence-corrected chi connectivity index (χ4v) is 4.29. The predicted octanol–water partition coefficient (Wildman–Crippen LogP) is 3.51. The van der Waals surface area contributed by atoms with Crippen LogP contribution in [0.25, 0.3) is 0 Å². The number of rotatable bonds is 6. The van der Waals surface area contributed by atoms with Crippen LogP contribution >= 0.6 is 0 Å². The molecule has 1 saturated carbocycles. The number of hydrogen-bond acceptors (Lipinski definition) is 3. The Morgan fingerprint density at radius 3 is 2.68 bits per heavy atom. The summed E-state index contributed by atoms with van der Waals surface area (Å²) >= 11 is 0. The molecule has 1 aliphatic heterocycles. The Bertz CT molecular complexity index is 762. The van der Waals surface area contributed by atoms with Gasteiger partial charge in [-0.15, -0.1) is 0 Å². The second-order valence-corrected chi connectivity index (χ2v) is 8.43. The van der Waals surface area contributed by atoms with Crippen molar-refractivity contribution >= 4 is 17.6 Å². The zero-order valence-electron chi connectivity index (χ0n) is 18.0. The van der Waals surface area contributed by atoms with E-state index in [4.69, 9.17) is 0 Å². The first-order valence-electron chi connectivity index (χ1n) is 11.0. The molecule has 1 aromatic carbocycles. The van der Waals surface area contributed by atoms with Crippen LogP contribution in [-0.4, -0.2) is 55.7 Å². The number of guanidine groups is 1. The van der Waals surface area contributed by atoms with Crippen molar-refractivity contribution in [3.63, 3.8) is 0 Å². The van der Waals surface area contributed by atoms with Crippen LogP contribution in [0.3, 0.4) is 0 Å². The molecule has 3 N–H and O–H groups in total. The van der Waals surface area contributed by atoms with Crippen LogP contribution in [0.4, 0.5) is 18.9 Å². The second kappa shape index (κ2) is 10.8. The molecule has 2 fully saturated rings. The molecule has 1 saturated heterocycles. The molecule has 2 aliphatic rings. The maximum atomic E-state index is 12.6. The summed E-state index contributed by atoms with van der Waals surface area (Å²) in [6.07, 6.45) is 1.81. The van der Waals surface area contributed by atoms with Crippen LogP contribution in [0.2, 0.25) is 0 Å². The van der Waals surface area contributed by atoms with Crippen LogP contribution in [0.1, 0.15) is 44.1 Å². The molecule has 1 atom stereocenters. The maximum Gasteiger partial charge on any atom is 0.401 e. The molecule has 6 nitrogen and oxygen atoms in total. The van der Waals surface area contributed by atoms with Gasteiger partial charge in [-0.1, -0.05) is 31.4 Å². The van der Waals surface area contributed by atoms with Gasteiger partial charge in [0.1, 0.15) is 0 Å². The van der Waals surface area contributed by atoms with Crippen molar-refractivity contribution in [1.82, 2.24) is 15.5 Å². The first-order chi connectivity index (χ1) is 14.8. The number of hydrogen-bond donors (Lipinski definition) is 3. The molecule has 0 aromatic heterocycles. The lowest BCUT2D eigenvalue weighted by molar-refractivity contribution is -0.143. The lowest BCUT2D eigenvalue weighted by Gasteiger charge is -2.21. The van der Waals surface area contributed by atoms with Crippen LogP contribution in [0, 0.1) is 5.92 Å². The molecule has 9 heteroatoms. The van der Waals surface area contributed by atoms with Gasteiger partial charge in [-0.3, -0.25) is 14.7 Å². The highest BCUT2D eigenvalue weighted by Crippen LogP contribution is 2.25. The van der Waals surface area contributed by atoms with Gasteiger partial charge in [0, 0.05) is 44.3 Å². The van der Waals surface area contributed by atoms with Crippen molar-refractivity contribution in [1.29, 1.82) is 0 Å². The summed E-state index contributed by atoms with van der Waals surface area (Å²) in [4.78, 5) is 18.1. The normalized spacial score (nSPS) is 21.2. The number of anilines is 1. The third-order valence-electron chi connectivity index (χ3n) is 5.87. The summed E-state index contributed by atoms with van der Waals surface area (Å²) in [6, 6.07) is 7.59. The molecular weight excluding hydrogens is 407 g/mol. The molecule has 0 bridgehead atoms. The van der Waals surface area contributed by atoms with Gasteiger partial charge in [0.2, 0.25) is 5.91 Å². The maximum absolute atomic E-state index is 12.6. The number of halogens is 3. The monoisotopic (exact) mass is 439 g/mol. The third kappa shape index (κ3) is 7.72. The van der Waals surface area contributed by atoms with E-state index in [0.717, 1.165) is 36.9 Å². The molecule has 0 spiro atoms. The number of carbonyl (C=O) groups is 1. The highest BCUT2D eigenvalue weighted by atomic mass is 19.4. The van der Waals surface area contributed by atoms with E-state index >= 15 is 0 Å². The molecule has 1 unspecified atom stereocenters. The van der Waals surface area contributed by atoms with Gasteiger partial charge in [-0.25, -0.2) is 0 Å². The molecular formula is C22H32F3N5O. The standard InChI is InChI=1S/C22H32F3N5O/c1-26-21(29-19-10-11-30(14-19)15-22(23,24)25)27-13-16-6-5-9-18(12-16)28-20(31)17-7-3-2-4-8-17/h5-6,9,12,17,19H,2-4,7-8,10-11,13-15H2,1H3,(H,28,31)(H2,26,27,29).